The summed E-state index contributed by atoms with van der Waals surface area (Å²) >= 11 is 0. The zero-order valence-electron chi connectivity index (χ0n) is 9.33. The number of amides is 1. The molecule has 1 atom stereocenters. The molecule has 5 nitrogen and oxygen atoms in total. The standard InChI is InChI=1S/C12H14N2O3/c13-12(16)11-8-17-6-5-14(11)10-4-2-1-3-9(10)7-15/h1-4,7,11H,5-6,8H2,(H2,13,16). The summed E-state index contributed by atoms with van der Waals surface area (Å²) in [4.78, 5) is 24.2. The molecule has 17 heavy (non-hydrogen) atoms. The topological polar surface area (TPSA) is 72.6 Å². The number of rotatable bonds is 3. The van der Waals surface area contributed by atoms with Gasteiger partial charge in [-0.1, -0.05) is 12.1 Å². The minimum atomic E-state index is -0.509. The molecule has 0 aromatic heterocycles. The molecule has 1 aromatic rings. The van der Waals surface area contributed by atoms with E-state index in [9.17, 15) is 9.59 Å². The lowest BCUT2D eigenvalue weighted by molar-refractivity contribution is -0.121. The Labute approximate surface area is 99.2 Å². The summed E-state index contributed by atoms with van der Waals surface area (Å²) in [5, 5.41) is 0. The molecule has 0 radical (unpaired) electrons. The van der Waals surface area contributed by atoms with E-state index in [0.29, 0.717) is 18.7 Å². The molecule has 90 valence electrons. The van der Waals surface area contributed by atoms with Crippen LogP contribution in [0.4, 0.5) is 5.69 Å². The van der Waals surface area contributed by atoms with Gasteiger partial charge in [0.05, 0.1) is 13.2 Å². The van der Waals surface area contributed by atoms with Crippen molar-refractivity contribution in [2.75, 3.05) is 24.7 Å². The number of nitrogens with zero attached hydrogens (tertiary/aromatic N) is 1. The minimum absolute atomic E-state index is 0.266. The highest BCUT2D eigenvalue weighted by atomic mass is 16.5. The Balaban J connectivity index is 2.35. The normalized spacial score (nSPS) is 20.0. The summed E-state index contributed by atoms with van der Waals surface area (Å²) in [5.74, 6) is -0.439. The van der Waals surface area contributed by atoms with Crippen LogP contribution in [0.3, 0.4) is 0 Å². The molecule has 1 amide bonds. The van der Waals surface area contributed by atoms with Gasteiger partial charge in [-0.25, -0.2) is 0 Å². The van der Waals surface area contributed by atoms with E-state index >= 15 is 0 Å². The zero-order chi connectivity index (χ0) is 12.3. The third-order valence-electron chi connectivity index (χ3n) is 2.83. The van der Waals surface area contributed by atoms with Gasteiger partial charge in [0.2, 0.25) is 5.91 Å². The van der Waals surface area contributed by atoms with Gasteiger partial charge in [-0.2, -0.15) is 0 Å². The van der Waals surface area contributed by atoms with Crippen LogP contribution in [0.2, 0.25) is 0 Å². The number of hydrogen-bond donors (Lipinski definition) is 1. The van der Waals surface area contributed by atoms with Gasteiger partial charge in [0.25, 0.3) is 0 Å². The van der Waals surface area contributed by atoms with Gasteiger partial charge in [-0.15, -0.1) is 0 Å². The lowest BCUT2D eigenvalue weighted by Crippen LogP contribution is -2.52. The van der Waals surface area contributed by atoms with Crippen molar-refractivity contribution in [2.24, 2.45) is 5.73 Å². The molecule has 1 aliphatic heterocycles. The number of anilines is 1. The highest BCUT2D eigenvalue weighted by molar-refractivity contribution is 5.89. The number of hydrogen-bond acceptors (Lipinski definition) is 4. The molecule has 1 unspecified atom stereocenters. The third-order valence-corrected chi connectivity index (χ3v) is 2.83. The second kappa shape index (κ2) is 4.97. The van der Waals surface area contributed by atoms with E-state index in [2.05, 4.69) is 0 Å². The van der Waals surface area contributed by atoms with Gasteiger partial charge in [0, 0.05) is 17.8 Å². The van der Waals surface area contributed by atoms with Crippen LogP contribution in [0.25, 0.3) is 0 Å². The fourth-order valence-electron chi connectivity index (χ4n) is 1.98. The van der Waals surface area contributed by atoms with Crippen LogP contribution in [0, 0.1) is 0 Å². The highest BCUT2D eigenvalue weighted by Crippen LogP contribution is 2.22. The predicted molar refractivity (Wildman–Crippen MR) is 63.0 cm³/mol. The van der Waals surface area contributed by atoms with Crippen molar-refractivity contribution in [1.29, 1.82) is 0 Å². The number of ether oxygens (including phenoxy) is 1. The average molecular weight is 234 g/mol. The maximum atomic E-state index is 11.3. The molecule has 0 saturated carbocycles. The number of nitrogens with two attached hydrogens (primary N) is 1. The van der Waals surface area contributed by atoms with Crippen LogP contribution in [-0.2, 0) is 9.53 Å². The van der Waals surface area contributed by atoms with E-state index in [1.165, 1.54) is 0 Å². The second-order valence-corrected chi connectivity index (χ2v) is 3.86. The molecule has 5 heteroatoms. The first-order valence-electron chi connectivity index (χ1n) is 5.42. The summed E-state index contributed by atoms with van der Waals surface area (Å²) in [6, 6.07) is 6.63. The van der Waals surface area contributed by atoms with E-state index < -0.39 is 11.9 Å². The maximum absolute atomic E-state index is 11.3. The van der Waals surface area contributed by atoms with Crippen molar-refractivity contribution in [1.82, 2.24) is 0 Å². The van der Waals surface area contributed by atoms with Crippen molar-refractivity contribution in [3.63, 3.8) is 0 Å². The minimum Gasteiger partial charge on any atom is -0.377 e. The quantitative estimate of drug-likeness (QED) is 0.758. The molecule has 0 aliphatic carbocycles. The average Bonchev–Trinajstić information content (AvgIpc) is 2.38. The first-order chi connectivity index (χ1) is 8.24. The fraction of sp³-hybridized carbons (Fsp3) is 0.333. The molecule has 1 heterocycles. The molecule has 0 bridgehead atoms. The largest absolute Gasteiger partial charge is 0.377 e. The Morgan fingerprint density at radius 2 is 2.24 bits per heavy atom. The SMILES string of the molecule is NC(=O)C1COCCN1c1ccccc1C=O. The van der Waals surface area contributed by atoms with Crippen molar-refractivity contribution < 1.29 is 14.3 Å². The van der Waals surface area contributed by atoms with Crippen molar-refractivity contribution in [3.8, 4) is 0 Å². The molecule has 1 aliphatic rings. The number of carbonyl (C=O) groups is 2. The molecule has 2 N–H and O–H groups in total. The van der Waals surface area contributed by atoms with Crippen molar-refractivity contribution >= 4 is 17.9 Å². The summed E-state index contributed by atoms with van der Waals surface area (Å²) in [6.07, 6.45) is 0.781. The molecular weight excluding hydrogens is 220 g/mol. The molecule has 1 fully saturated rings. The first-order valence-corrected chi connectivity index (χ1v) is 5.42. The number of carbonyl (C=O) groups excluding carboxylic acids is 2. The van der Waals surface area contributed by atoms with E-state index in [-0.39, 0.29) is 6.61 Å². The Bertz CT molecular complexity index is 434. The number of aldehydes is 1. The number of para-hydroxylation sites is 1. The predicted octanol–water partition coefficient (Wildman–Crippen LogP) is 0.190. The molecule has 0 spiro atoms. The summed E-state index contributed by atoms with van der Waals surface area (Å²) < 4.78 is 5.24. The van der Waals surface area contributed by atoms with E-state index in [4.69, 9.17) is 10.5 Å². The van der Waals surface area contributed by atoms with Gasteiger partial charge in [-0.05, 0) is 12.1 Å². The molecule has 1 aromatic carbocycles. The van der Waals surface area contributed by atoms with Crippen LogP contribution in [0.15, 0.2) is 24.3 Å². The van der Waals surface area contributed by atoms with Crippen LogP contribution < -0.4 is 10.6 Å². The number of morpholine rings is 1. The van der Waals surface area contributed by atoms with E-state index in [1.54, 1.807) is 12.1 Å². The highest BCUT2D eigenvalue weighted by Gasteiger charge is 2.28. The Morgan fingerprint density at radius 1 is 1.47 bits per heavy atom. The Kier molecular flexibility index (Phi) is 3.39. The Morgan fingerprint density at radius 3 is 2.94 bits per heavy atom. The lowest BCUT2D eigenvalue weighted by Gasteiger charge is -2.36. The van der Waals surface area contributed by atoms with Crippen LogP contribution in [0.1, 0.15) is 10.4 Å². The van der Waals surface area contributed by atoms with Crippen LogP contribution in [0.5, 0.6) is 0 Å². The lowest BCUT2D eigenvalue weighted by atomic mass is 10.1. The van der Waals surface area contributed by atoms with Crippen molar-refractivity contribution in [3.05, 3.63) is 29.8 Å². The molecule has 1 saturated heterocycles. The molecule has 2 rings (SSSR count). The first kappa shape index (κ1) is 11.6. The smallest absolute Gasteiger partial charge is 0.242 e. The van der Waals surface area contributed by atoms with Crippen LogP contribution >= 0.6 is 0 Å². The summed E-state index contributed by atoms with van der Waals surface area (Å²) in [7, 11) is 0. The van der Waals surface area contributed by atoms with Gasteiger partial charge in [-0.3, -0.25) is 9.59 Å². The van der Waals surface area contributed by atoms with E-state index in [0.717, 1.165) is 12.0 Å². The van der Waals surface area contributed by atoms with Crippen LogP contribution in [-0.4, -0.2) is 38.0 Å². The third kappa shape index (κ3) is 2.29. The van der Waals surface area contributed by atoms with E-state index in [1.807, 2.05) is 17.0 Å². The van der Waals surface area contributed by atoms with Gasteiger partial charge in [0.15, 0.2) is 6.29 Å². The van der Waals surface area contributed by atoms with Gasteiger partial charge >= 0.3 is 0 Å². The number of primary amides is 1. The maximum Gasteiger partial charge on any atom is 0.242 e. The second-order valence-electron chi connectivity index (χ2n) is 3.86. The van der Waals surface area contributed by atoms with Gasteiger partial charge < -0.3 is 15.4 Å². The monoisotopic (exact) mass is 234 g/mol. The van der Waals surface area contributed by atoms with Gasteiger partial charge in [0.1, 0.15) is 6.04 Å². The number of benzene rings is 1. The molecular formula is C12H14N2O3. The van der Waals surface area contributed by atoms with Crippen molar-refractivity contribution in [2.45, 2.75) is 6.04 Å². The fourth-order valence-corrected chi connectivity index (χ4v) is 1.98. The summed E-state index contributed by atoms with van der Waals surface area (Å²) in [6.45, 7) is 1.35. The zero-order valence-corrected chi connectivity index (χ0v) is 9.33. The summed E-state index contributed by atoms with van der Waals surface area (Å²) in [5.41, 5.74) is 6.62. The Hall–Kier alpha value is -1.88.